The van der Waals surface area contributed by atoms with E-state index in [1.165, 1.54) is 18.6 Å². The molecule has 20 heavy (non-hydrogen) atoms. The predicted octanol–water partition coefficient (Wildman–Crippen LogP) is 4.45. The Morgan fingerprint density at radius 1 is 1.30 bits per heavy atom. The normalized spacial score (nSPS) is 24.6. The summed E-state index contributed by atoms with van der Waals surface area (Å²) in [6.45, 7) is 2.19. The maximum atomic E-state index is 14.2. The van der Waals surface area contributed by atoms with E-state index in [0.717, 1.165) is 31.6 Å². The Morgan fingerprint density at radius 3 is 2.50 bits per heavy atom. The molecule has 1 aromatic rings. The van der Waals surface area contributed by atoms with Crippen LogP contribution in [0, 0.1) is 23.5 Å². The Balaban J connectivity index is 2.23. The van der Waals surface area contributed by atoms with Crippen LogP contribution >= 0.6 is 15.9 Å². The minimum absolute atomic E-state index is 0.0572. The van der Waals surface area contributed by atoms with E-state index in [0.29, 0.717) is 0 Å². The van der Waals surface area contributed by atoms with Gasteiger partial charge < -0.3 is 0 Å². The molecule has 0 aromatic heterocycles. The topological polar surface area (TPSA) is 38.0 Å². The van der Waals surface area contributed by atoms with Gasteiger partial charge in [-0.3, -0.25) is 11.3 Å². The third kappa shape index (κ3) is 3.21. The van der Waals surface area contributed by atoms with Gasteiger partial charge in [-0.1, -0.05) is 26.2 Å². The zero-order valence-electron chi connectivity index (χ0n) is 11.6. The highest BCUT2D eigenvalue weighted by Gasteiger charge is 2.31. The summed E-state index contributed by atoms with van der Waals surface area (Å²) in [5, 5.41) is 0. The molecule has 1 fully saturated rings. The molecule has 1 aromatic carbocycles. The maximum Gasteiger partial charge on any atom is 0.145 e. The zero-order chi connectivity index (χ0) is 14.7. The molecule has 3 N–H and O–H groups in total. The van der Waals surface area contributed by atoms with Crippen LogP contribution in [0.25, 0.3) is 0 Å². The van der Waals surface area contributed by atoms with E-state index in [1.807, 2.05) is 0 Å². The molecule has 1 aliphatic rings. The number of hydrogen-bond acceptors (Lipinski definition) is 2. The van der Waals surface area contributed by atoms with Crippen molar-refractivity contribution in [3.05, 3.63) is 33.8 Å². The summed E-state index contributed by atoms with van der Waals surface area (Å²) in [5.41, 5.74) is 2.69. The molecule has 1 unspecified atom stereocenters. The quantitative estimate of drug-likeness (QED) is 0.480. The fourth-order valence-corrected chi connectivity index (χ4v) is 3.56. The first-order valence-electron chi connectivity index (χ1n) is 7.18. The Hall–Kier alpha value is -0.520. The Morgan fingerprint density at radius 2 is 1.95 bits per heavy atom. The lowest BCUT2D eigenvalue weighted by molar-refractivity contribution is 0.213. The molecule has 1 atom stereocenters. The van der Waals surface area contributed by atoms with Crippen molar-refractivity contribution in [2.75, 3.05) is 0 Å². The van der Waals surface area contributed by atoms with Crippen molar-refractivity contribution in [1.82, 2.24) is 5.43 Å². The summed E-state index contributed by atoms with van der Waals surface area (Å²) in [6.07, 6.45) is 5.30. The molecule has 0 bridgehead atoms. The maximum absolute atomic E-state index is 14.2. The average molecular weight is 347 g/mol. The number of hydrogen-bond donors (Lipinski definition) is 2. The monoisotopic (exact) mass is 346 g/mol. The van der Waals surface area contributed by atoms with Gasteiger partial charge in [-0.05, 0) is 52.7 Å². The summed E-state index contributed by atoms with van der Waals surface area (Å²) in [6, 6.07) is 2.20. The van der Waals surface area contributed by atoms with E-state index in [9.17, 15) is 8.78 Å². The van der Waals surface area contributed by atoms with Crippen molar-refractivity contribution in [2.24, 2.45) is 17.7 Å². The summed E-state index contributed by atoms with van der Waals surface area (Å²) < 4.78 is 28.5. The third-order valence-electron chi connectivity index (χ3n) is 4.51. The van der Waals surface area contributed by atoms with Crippen LogP contribution in [0.4, 0.5) is 8.78 Å². The van der Waals surface area contributed by atoms with Crippen LogP contribution in [0.5, 0.6) is 0 Å². The highest BCUT2D eigenvalue weighted by molar-refractivity contribution is 9.10. The van der Waals surface area contributed by atoms with Gasteiger partial charge in [0.05, 0.1) is 10.5 Å². The van der Waals surface area contributed by atoms with Crippen molar-refractivity contribution in [3.8, 4) is 0 Å². The lowest BCUT2D eigenvalue weighted by atomic mass is 9.76. The summed E-state index contributed by atoms with van der Waals surface area (Å²) in [7, 11) is 0. The van der Waals surface area contributed by atoms with Gasteiger partial charge in [-0.25, -0.2) is 8.78 Å². The second-order valence-electron chi connectivity index (χ2n) is 5.59. The van der Waals surface area contributed by atoms with Crippen LogP contribution in [0.3, 0.4) is 0 Å². The molecule has 0 saturated heterocycles. The van der Waals surface area contributed by atoms with E-state index < -0.39 is 17.7 Å². The molecular formula is C15H21BrF2N2. The van der Waals surface area contributed by atoms with Gasteiger partial charge in [-0.2, -0.15) is 0 Å². The molecule has 0 amide bonds. The molecule has 1 aliphatic carbocycles. The molecular weight excluding hydrogens is 326 g/mol. The number of rotatable bonds is 4. The second kappa shape index (κ2) is 6.96. The standard InChI is InChI=1S/C15H21BrF2N2/c1-2-9-3-5-10(6-4-9)15(20-19)13-12(17)8-7-11(16)14(13)18/h7-10,15,20H,2-6,19H2,1H3. The fourth-order valence-electron chi connectivity index (χ4n) is 3.21. The third-order valence-corrected chi connectivity index (χ3v) is 5.12. The molecule has 1 saturated carbocycles. The fraction of sp³-hybridized carbons (Fsp3) is 0.600. The van der Waals surface area contributed by atoms with Crippen LogP contribution in [-0.2, 0) is 0 Å². The molecule has 0 heterocycles. The van der Waals surface area contributed by atoms with Crippen molar-refractivity contribution in [3.63, 3.8) is 0 Å². The lowest BCUT2D eigenvalue weighted by Gasteiger charge is -2.33. The van der Waals surface area contributed by atoms with Crippen molar-refractivity contribution < 1.29 is 8.78 Å². The molecule has 0 radical (unpaired) electrons. The molecule has 5 heteroatoms. The Labute approximate surface area is 127 Å². The van der Waals surface area contributed by atoms with E-state index in [4.69, 9.17) is 5.84 Å². The first-order chi connectivity index (χ1) is 9.58. The minimum Gasteiger partial charge on any atom is -0.271 e. The largest absolute Gasteiger partial charge is 0.271 e. The van der Waals surface area contributed by atoms with Gasteiger partial charge in [0.1, 0.15) is 11.6 Å². The van der Waals surface area contributed by atoms with Gasteiger partial charge in [0.15, 0.2) is 0 Å². The van der Waals surface area contributed by atoms with E-state index in [2.05, 4.69) is 28.3 Å². The highest BCUT2D eigenvalue weighted by Crippen LogP contribution is 2.39. The van der Waals surface area contributed by atoms with Crippen LogP contribution in [0.15, 0.2) is 16.6 Å². The number of nitrogens with one attached hydrogen (secondary N) is 1. The minimum atomic E-state index is -0.550. The first kappa shape index (κ1) is 15.9. The predicted molar refractivity (Wildman–Crippen MR) is 79.9 cm³/mol. The van der Waals surface area contributed by atoms with E-state index in [1.54, 1.807) is 0 Å². The van der Waals surface area contributed by atoms with Gasteiger partial charge in [0.2, 0.25) is 0 Å². The molecule has 112 valence electrons. The molecule has 2 nitrogen and oxygen atoms in total. The molecule has 2 rings (SSSR count). The summed E-state index contributed by atoms with van der Waals surface area (Å²) in [4.78, 5) is 0. The van der Waals surface area contributed by atoms with Crippen LogP contribution in [0.2, 0.25) is 0 Å². The van der Waals surface area contributed by atoms with Crippen LogP contribution < -0.4 is 11.3 Å². The zero-order valence-corrected chi connectivity index (χ0v) is 13.2. The lowest BCUT2D eigenvalue weighted by Crippen LogP contribution is -2.36. The molecule has 0 spiro atoms. The van der Waals surface area contributed by atoms with Gasteiger partial charge in [-0.15, -0.1) is 0 Å². The van der Waals surface area contributed by atoms with Gasteiger partial charge >= 0.3 is 0 Å². The van der Waals surface area contributed by atoms with E-state index in [-0.39, 0.29) is 16.0 Å². The van der Waals surface area contributed by atoms with Crippen LogP contribution in [0.1, 0.15) is 50.6 Å². The van der Waals surface area contributed by atoms with Gasteiger partial charge in [0, 0.05) is 5.56 Å². The smallest absolute Gasteiger partial charge is 0.145 e. The number of hydrazine groups is 1. The number of halogens is 3. The van der Waals surface area contributed by atoms with Crippen molar-refractivity contribution >= 4 is 15.9 Å². The molecule has 0 aliphatic heterocycles. The number of nitrogens with two attached hydrogens (primary N) is 1. The van der Waals surface area contributed by atoms with Crippen molar-refractivity contribution in [1.29, 1.82) is 0 Å². The SMILES string of the molecule is CCC1CCC(C(NN)c2c(F)ccc(Br)c2F)CC1. The average Bonchev–Trinajstić information content (AvgIpc) is 2.48. The highest BCUT2D eigenvalue weighted by atomic mass is 79.9. The Bertz CT molecular complexity index is 459. The summed E-state index contributed by atoms with van der Waals surface area (Å²) >= 11 is 3.11. The first-order valence-corrected chi connectivity index (χ1v) is 7.97. The van der Waals surface area contributed by atoms with Gasteiger partial charge in [0.25, 0.3) is 0 Å². The van der Waals surface area contributed by atoms with Crippen LogP contribution in [-0.4, -0.2) is 0 Å². The van der Waals surface area contributed by atoms with E-state index >= 15 is 0 Å². The van der Waals surface area contributed by atoms with Crippen molar-refractivity contribution in [2.45, 2.75) is 45.1 Å². The Kier molecular flexibility index (Phi) is 5.52. The second-order valence-corrected chi connectivity index (χ2v) is 6.44. The summed E-state index contributed by atoms with van der Waals surface area (Å²) in [5.74, 6) is 5.43. The number of benzene rings is 1.